The summed E-state index contributed by atoms with van der Waals surface area (Å²) in [7, 11) is 0. The van der Waals surface area contributed by atoms with Gasteiger partial charge < -0.3 is 27.2 Å². The Bertz CT molecular complexity index is 447. The first-order chi connectivity index (χ1) is 9.52. The Morgan fingerprint density at radius 3 is 2.45 bits per heavy atom. The number of urea groups is 1. The van der Waals surface area contributed by atoms with E-state index in [4.69, 9.17) is 16.6 Å². The molecule has 0 aromatic heterocycles. The maximum atomic E-state index is 11.8. The Morgan fingerprint density at radius 2 is 1.90 bits per heavy atom. The predicted octanol–water partition coefficient (Wildman–Crippen LogP) is -0.107. The molecule has 7 heteroatoms. The average molecular weight is 280 g/mol. The zero-order valence-electron chi connectivity index (χ0n) is 11.1. The highest BCUT2D eigenvalue weighted by Gasteiger charge is 2.13. The highest BCUT2D eigenvalue weighted by atomic mass is 16.3. The van der Waals surface area contributed by atoms with Gasteiger partial charge in [-0.15, -0.1) is 0 Å². The molecule has 0 aliphatic rings. The van der Waals surface area contributed by atoms with Crippen LogP contribution in [0.3, 0.4) is 0 Å². The van der Waals surface area contributed by atoms with Crippen LogP contribution in [0.1, 0.15) is 18.4 Å². The van der Waals surface area contributed by atoms with Crippen molar-refractivity contribution in [2.75, 3.05) is 11.9 Å². The predicted molar refractivity (Wildman–Crippen MR) is 75.8 cm³/mol. The van der Waals surface area contributed by atoms with E-state index in [1.165, 1.54) is 0 Å². The maximum Gasteiger partial charge on any atom is 0.312 e. The van der Waals surface area contributed by atoms with Gasteiger partial charge in [0.15, 0.2) is 0 Å². The third-order valence-corrected chi connectivity index (χ3v) is 2.73. The molecule has 1 rings (SSSR count). The highest BCUT2D eigenvalue weighted by molar-refractivity contribution is 5.94. The molecule has 110 valence electrons. The van der Waals surface area contributed by atoms with Gasteiger partial charge in [-0.1, -0.05) is 12.1 Å². The molecule has 0 fully saturated rings. The number of nitrogens with one attached hydrogen (secondary N) is 2. The number of rotatable bonds is 7. The minimum atomic E-state index is -0.651. The van der Waals surface area contributed by atoms with Crippen molar-refractivity contribution in [1.82, 2.24) is 5.32 Å². The van der Waals surface area contributed by atoms with Gasteiger partial charge in [-0.3, -0.25) is 4.79 Å². The van der Waals surface area contributed by atoms with E-state index in [0.29, 0.717) is 25.1 Å². The molecule has 0 bridgehead atoms. The molecule has 0 aliphatic heterocycles. The number of nitrogens with two attached hydrogens (primary N) is 2. The SMILES string of the molecule is NC(=O)NCCCC(N)C(=O)Nc1ccc(CO)cc1. The van der Waals surface area contributed by atoms with Crippen molar-refractivity contribution in [2.45, 2.75) is 25.5 Å². The van der Waals surface area contributed by atoms with Gasteiger partial charge in [0.1, 0.15) is 0 Å². The van der Waals surface area contributed by atoms with Crippen LogP contribution in [-0.2, 0) is 11.4 Å². The Hall–Kier alpha value is -2.12. The second-order valence-electron chi connectivity index (χ2n) is 4.38. The summed E-state index contributed by atoms with van der Waals surface area (Å²) in [6, 6.07) is 5.60. The molecule has 0 heterocycles. The van der Waals surface area contributed by atoms with E-state index in [2.05, 4.69) is 10.6 Å². The molecule has 1 unspecified atom stereocenters. The lowest BCUT2D eigenvalue weighted by Crippen LogP contribution is -2.37. The van der Waals surface area contributed by atoms with Crippen LogP contribution < -0.4 is 22.1 Å². The molecule has 3 amide bonds. The van der Waals surface area contributed by atoms with E-state index in [0.717, 1.165) is 5.56 Å². The molecule has 0 aliphatic carbocycles. The quantitative estimate of drug-likeness (QED) is 0.446. The van der Waals surface area contributed by atoms with Crippen molar-refractivity contribution in [1.29, 1.82) is 0 Å². The Labute approximate surface area is 117 Å². The molecule has 7 N–H and O–H groups in total. The Kier molecular flexibility index (Phi) is 6.48. The van der Waals surface area contributed by atoms with Gasteiger partial charge in [-0.2, -0.15) is 0 Å². The van der Waals surface area contributed by atoms with Crippen LogP contribution >= 0.6 is 0 Å². The van der Waals surface area contributed by atoms with Crippen LogP contribution in [0.5, 0.6) is 0 Å². The normalized spacial score (nSPS) is 11.7. The molecule has 0 spiro atoms. The second kappa shape index (κ2) is 8.13. The lowest BCUT2D eigenvalue weighted by molar-refractivity contribution is -0.117. The largest absolute Gasteiger partial charge is 0.392 e. The summed E-state index contributed by atoms with van der Waals surface area (Å²) < 4.78 is 0. The third kappa shape index (κ3) is 5.68. The molecule has 1 aromatic rings. The van der Waals surface area contributed by atoms with E-state index in [9.17, 15) is 9.59 Å². The number of hydrogen-bond donors (Lipinski definition) is 5. The van der Waals surface area contributed by atoms with E-state index in [1.807, 2.05) is 0 Å². The number of amides is 3. The fourth-order valence-electron chi connectivity index (χ4n) is 1.59. The van der Waals surface area contributed by atoms with Crippen LogP contribution in [0.15, 0.2) is 24.3 Å². The number of carbonyl (C=O) groups is 2. The number of aliphatic hydroxyl groups is 1. The maximum absolute atomic E-state index is 11.8. The second-order valence-corrected chi connectivity index (χ2v) is 4.38. The fourth-order valence-corrected chi connectivity index (χ4v) is 1.59. The number of benzene rings is 1. The van der Waals surface area contributed by atoms with E-state index in [-0.39, 0.29) is 12.5 Å². The summed E-state index contributed by atoms with van der Waals surface area (Å²) in [6.07, 6.45) is 1.02. The summed E-state index contributed by atoms with van der Waals surface area (Å²) in [5.74, 6) is -0.291. The first-order valence-corrected chi connectivity index (χ1v) is 6.32. The van der Waals surface area contributed by atoms with Gasteiger partial charge >= 0.3 is 6.03 Å². The number of aliphatic hydroxyl groups excluding tert-OH is 1. The molecule has 7 nitrogen and oxygen atoms in total. The van der Waals surface area contributed by atoms with Gasteiger partial charge in [0.05, 0.1) is 12.6 Å². The van der Waals surface area contributed by atoms with Crippen LogP contribution in [0.25, 0.3) is 0 Å². The minimum absolute atomic E-state index is 0.0411. The van der Waals surface area contributed by atoms with Crippen LogP contribution in [-0.4, -0.2) is 29.6 Å². The zero-order valence-corrected chi connectivity index (χ0v) is 11.1. The van der Waals surface area contributed by atoms with Crippen molar-refractivity contribution >= 4 is 17.6 Å². The minimum Gasteiger partial charge on any atom is -0.392 e. The number of hydrogen-bond acceptors (Lipinski definition) is 4. The molecule has 0 saturated carbocycles. The molecule has 1 aromatic carbocycles. The van der Waals surface area contributed by atoms with Crippen molar-refractivity contribution in [3.05, 3.63) is 29.8 Å². The molecule has 20 heavy (non-hydrogen) atoms. The van der Waals surface area contributed by atoms with Gasteiger partial charge in [0.2, 0.25) is 5.91 Å². The van der Waals surface area contributed by atoms with E-state index >= 15 is 0 Å². The van der Waals surface area contributed by atoms with Crippen LogP contribution in [0.4, 0.5) is 10.5 Å². The third-order valence-electron chi connectivity index (χ3n) is 2.73. The summed E-state index contributed by atoms with van der Waals surface area (Å²) >= 11 is 0. The first-order valence-electron chi connectivity index (χ1n) is 6.32. The van der Waals surface area contributed by atoms with E-state index in [1.54, 1.807) is 24.3 Å². The Balaban J connectivity index is 2.34. The number of anilines is 1. The van der Waals surface area contributed by atoms with Crippen molar-refractivity contribution in [3.8, 4) is 0 Å². The fraction of sp³-hybridized carbons (Fsp3) is 0.385. The molecule has 1 atom stereocenters. The number of primary amides is 1. The molecular weight excluding hydrogens is 260 g/mol. The lowest BCUT2D eigenvalue weighted by Gasteiger charge is -2.12. The van der Waals surface area contributed by atoms with Gasteiger partial charge in [-0.25, -0.2) is 4.79 Å². The summed E-state index contributed by atoms with van der Waals surface area (Å²) in [5, 5.41) is 14.0. The first kappa shape index (κ1) is 15.9. The van der Waals surface area contributed by atoms with Gasteiger partial charge in [0, 0.05) is 12.2 Å². The van der Waals surface area contributed by atoms with Crippen molar-refractivity contribution in [2.24, 2.45) is 11.5 Å². The van der Waals surface area contributed by atoms with Gasteiger partial charge in [0.25, 0.3) is 0 Å². The average Bonchev–Trinajstić information content (AvgIpc) is 2.44. The summed E-state index contributed by atoms with van der Waals surface area (Å²) in [6.45, 7) is 0.349. The summed E-state index contributed by atoms with van der Waals surface area (Å²) in [4.78, 5) is 22.3. The van der Waals surface area contributed by atoms with Crippen molar-refractivity contribution in [3.63, 3.8) is 0 Å². The van der Waals surface area contributed by atoms with Crippen LogP contribution in [0.2, 0.25) is 0 Å². The highest BCUT2D eigenvalue weighted by Crippen LogP contribution is 2.10. The summed E-state index contributed by atoms with van der Waals surface area (Å²) in [5.41, 5.74) is 12.0. The zero-order chi connectivity index (χ0) is 15.0. The molecule has 0 saturated heterocycles. The number of carbonyl (C=O) groups excluding carboxylic acids is 2. The molecular formula is C13H20N4O3. The standard InChI is InChI=1S/C13H20N4O3/c14-11(2-1-7-16-13(15)20)12(19)17-10-5-3-9(8-18)4-6-10/h3-6,11,18H,1-2,7-8,14H2,(H,17,19)(H3,15,16,20). The topological polar surface area (TPSA) is 130 Å². The van der Waals surface area contributed by atoms with Gasteiger partial charge in [-0.05, 0) is 30.5 Å². The lowest BCUT2D eigenvalue weighted by atomic mass is 10.1. The van der Waals surface area contributed by atoms with E-state index < -0.39 is 12.1 Å². The molecule has 0 radical (unpaired) electrons. The monoisotopic (exact) mass is 280 g/mol. The van der Waals surface area contributed by atoms with Crippen molar-refractivity contribution < 1.29 is 14.7 Å². The van der Waals surface area contributed by atoms with Crippen LogP contribution in [0, 0.1) is 0 Å². The smallest absolute Gasteiger partial charge is 0.312 e. The Morgan fingerprint density at radius 1 is 1.25 bits per heavy atom.